The van der Waals surface area contributed by atoms with Crippen LogP contribution in [-0.4, -0.2) is 16.3 Å². The van der Waals surface area contributed by atoms with Gasteiger partial charge in [0.05, 0.1) is 6.20 Å². The molecule has 0 aliphatic heterocycles. The summed E-state index contributed by atoms with van der Waals surface area (Å²) < 4.78 is 1.87. The van der Waals surface area contributed by atoms with Crippen molar-refractivity contribution in [1.29, 1.82) is 0 Å². The zero-order chi connectivity index (χ0) is 11.5. The molecule has 3 heteroatoms. The highest BCUT2D eigenvalue weighted by Crippen LogP contribution is 2.30. The number of aryl methyl sites for hydroxylation is 1. The Morgan fingerprint density at radius 3 is 2.94 bits per heavy atom. The van der Waals surface area contributed by atoms with Crippen LogP contribution < -0.4 is 5.32 Å². The summed E-state index contributed by atoms with van der Waals surface area (Å²) in [5, 5.41) is 7.84. The average Bonchev–Trinajstić information content (AvgIpc) is 2.84. The van der Waals surface area contributed by atoms with Gasteiger partial charge in [-0.25, -0.2) is 0 Å². The summed E-state index contributed by atoms with van der Waals surface area (Å²) in [6.45, 7) is 5.75. The third kappa shape index (κ3) is 2.64. The number of rotatable bonds is 4. The van der Waals surface area contributed by atoms with Crippen LogP contribution in [0.4, 0.5) is 0 Å². The van der Waals surface area contributed by atoms with Crippen LogP contribution >= 0.6 is 0 Å². The van der Waals surface area contributed by atoms with Crippen molar-refractivity contribution in [3.05, 3.63) is 18.0 Å². The van der Waals surface area contributed by atoms with E-state index >= 15 is 0 Å². The lowest BCUT2D eigenvalue weighted by molar-refractivity contribution is 0.375. The van der Waals surface area contributed by atoms with Gasteiger partial charge in [0, 0.05) is 24.8 Å². The van der Waals surface area contributed by atoms with Crippen LogP contribution in [0.3, 0.4) is 0 Å². The van der Waals surface area contributed by atoms with Crippen LogP contribution in [0.25, 0.3) is 0 Å². The van der Waals surface area contributed by atoms with Crippen molar-refractivity contribution in [3.63, 3.8) is 0 Å². The normalized spacial score (nSPS) is 27.2. The van der Waals surface area contributed by atoms with Crippen molar-refractivity contribution in [2.75, 3.05) is 6.54 Å². The van der Waals surface area contributed by atoms with Crippen LogP contribution in [0.5, 0.6) is 0 Å². The molecule has 1 saturated carbocycles. The van der Waals surface area contributed by atoms with E-state index < -0.39 is 0 Å². The van der Waals surface area contributed by atoms with Crippen LogP contribution in [0.15, 0.2) is 12.4 Å². The molecule has 1 N–H and O–H groups in total. The van der Waals surface area contributed by atoms with Crippen LogP contribution in [0, 0.1) is 11.8 Å². The van der Waals surface area contributed by atoms with Crippen molar-refractivity contribution >= 4 is 0 Å². The Hall–Kier alpha value is -0.830. The van der Waals surface area contributed by atoms with E-state index in [-0.39, 0.29) is 0 Å². The third-order valence-corrected chi connectivity index (χ3v) is 3.95. The first-order valence-corrected chi connectivity index (χ1v) is 6.38. The van der Waals surface area contributed by atoms with Crippen LogP contribution in [-0.2, 0) is 7.05 Å². The van der Waals surface area contributed by atoms with Gasteiger partial charge in [0.25, 0.3) is 0 Å². The number of hydrogen-bond acceptors (Lipinski definition) is 2. The molecule has 1 fully saturated rings. The Labute approximate surface area is 98.2 Å². The van der Waals surface area contributed by atoms with Gasteiger partial charge in [-0.05, 0) is 31.7 Å². The van der Waals surface area contributed by atoms with Crippen molar-refractivity contribution in [2.24, 2.45) is 18.9 Å². The van der Waals surface area contributed by atoms with Crippen molar-refractivity contribution in [1.82, 2.24) is 15.1 Å². The molecular weight excluding hydrogens is 198 g/mol. The molecule has 1 aliphatic rings. The lowest BCUT2D eigenvalue weighted by Gasteiger charge is -2.19. The lowest BCUT2D eigenvalue weighted by atomic mass is 9.98. The van der Waals surface area contributed by atoms with E-state index in [1.54, 1.807) is 0 Å². The van der Waals surface area contributed by atoms with Gasteiger partial charge in [0.1, 0.15) is 0 Å². The first kappa shape index (κ1) is 11.6. The van der Waals surface area contributed by atoms with E-state index in [1.807, 2.05) is 17.9 Å². The zero-order valence-electron chi connectivity index (χ0n) is 10.6. The van der Waals surface area contributed by atoms with Gasteiger partial charge in [-0.3, -0.25) is 4.68 Å². The molecule has 0 saturated heterocycles. The fraction of sp³-hybridized carbons (Fsp3) is 0.769. The second kappa shape index (κ2) is 5.00. The summed E-state index contributed by atoms with van der Waals surface area (Å²) in [6, 6.07) is 0.418. The summed E-state index contributed by atoms with van der Waals surface area (Å²) in [5.74, 6) is 1.77. The highest BCUT2D eigenvalue weighted by Gasteiger charge is 2.23. The van der Waals surface area contributed by atoms with E-state index in [9.17, 15) is 0 Å². The number of hydrogen-bond donors (Lipinski definition) is 1. The van der Waals surface area contributed by atoms with Gasteiger partial charge in [0.2, 0.25) is 0 Å². The molecule has 3 atom stereocenters. The highest BCUT2D eigenvalue weighted by molar-refractivity contribution is 5.08. The summed E-state index contributed by atoms with van der Waals surface area (Å²) in [7, 11) is 1.97. The van der Waals surface area contributed by atoms with Crippen molar-refractivity contribution in [2.45, 2.75) is 39.2 Å². The zero-order valence-corrected chi connectivity index (χ0v) is 10.6. The molecule has 3 unspecified atom stereocenters. The Morgan fingerprint density at radius 2 is 2.38 bits per heavy atom. The minimum atomic E-state index is 0.418. The minimum Gasteiger partial charge on any atom is -0.310 e. The standard InChI is InChI=1S/C13H23N3/c1-10-5-4-6-12(10)7-14-11(2)13-8-15-16(3)9-13/h8-12,14H,4-7H2,1-3H3. The predicted octanol–water partition coefficient (Wildman–Crippen LogP) is 2.51. The maximum atomic E-state index is 4.21. The monoisotopic (exact) mass is 221 g/mol. The Kier molecular flexibility index (Phi) is 3.64. The molecule has 1 aliphatic carbocycles. The maximum Gasteiger partial charge on any atom is 0.0537 e. The fourth-order valence-electron chi connectivity index (χ4n) is 2.64. The van der Waals surface area contributed by atoms with E-state index in [0.717, 1.165) is 18.4 Å². The summed E-state index contributed by atoms with van der Waals surface area (Å²) in [6.07, 6.45) is 8.27. The molecule has 0 radical (unpaired) electrons. The molecule has 1 aromatic rings. The van der Waals surface area contributed by atoms with E-state index in [4.69, 9.17) is 0 Å². The molecule has 0 amide bonds. The van der Waals surface area contributed by atoms with E-state index in [0.29, 0.717) is 6.04 Å². The largest absolute Gasteiger partial charge is 0.310 e. The molecule has 90 valence electrons. The SMILES string of the molecule is CC(NCC1CCCC1C)c1cnn(C)c1. The quantitative estimate of drug-likeness (QED) is 0.846. The number of nitrogens with zero attached hydrogens (tertiary/aromatic N) is 2. The first-order chi connectivity index (χ1) is 7.66. The molecule has 0 spiro atoms. The third-order valence-electron chi connectivity index (χ3n) is 3.95. The van der Waals surface area contributed by atoms with Gasteiger partial charge < -0.3 is 5.32 Å². The van der Waals surface area contributed by atoms with Gasteiger partial charge in [-0.1, -0.05) is 19.8 Å². The minimum absolute atomic E-state index is 0.418. The van der Waals surface area contributed by atoms with Crippen molar-refractivity contribution < 1.29 is 0 Å². The summed E-state index contributed by atoms with van der Waals surface area (Å²) >= 11 is 0. The van der Waals surface area contributed by atoms with Gasteiger partial charge in [-0.15, -0.1) is 0 Å². The Bertz CT molecular complexity index is 332. The second-order valence-corrected chi connectivity index (χ2v) is 5.25. The van der Waals surface area contributed by atoms with Crippen LogP contribution in [0.1, 0.15) is 44.7 Å². The smallest absolute Gasteiger partial charge is 0.0537 e. The Balaban J connectivity index is 1.81. The maximum absolute atomic E-state index is 4.21. The second-order valence-electron chi connectivity index (χ2n) is 5.25. The van der Waals surface area contributed by atoms with Gasteiger partial charge in [-0.2, -0.15) is 5.10 Å². The molecule has 3 nitrogen and oxygen atoms in total. The van der Waals surface area contributed by atoms with Gasteiger partial charge >= 0.3 is 0 Å². The van der Waals surface area contributed by atoms with E-state index in [1.165, 1.54) is 24.8 Å². The highest BCUT2D eigenvalue weighted by atomic mass is 15.2. The summed E-state index contributed by atoms with van der Waals surface area (Å²) in [5.41, 5.74) is 1.29. The Morgan fingerprint density at radius 1 is 1.56 bits per heavy atom. The lowest BCUT2D eigenvalue weighted by Crippen LogP contribution is -2.26. The predicted molar refractivity (Wildman–Crippen MR) is 66.1 cm³/mol. The molecule has 1 heterocycles. The van der Waals surface area contributed by atoms with E-state index in [2.05, 4.69) is 30.5 Å². The molecule has 2 rings (SSSR count). The first-order valence-electron chi connectivity index (χ1n) is 6.38. The molecule has 16 heavy (non-hydrogen) atoms. The number of aromatic nitrogens is 2. The fourth-order valence-corrected chi connectivity index (χ4v) is 2.64. The molecular formula is C13H23N3. The van der Waals surface area contributed by atoms with Crippen LogP contribution in [0.2, 0.25) is 0 Å². The van der Waals surface area contributed by atoms with Crippen molar-refractivity contribution in [3.8, 4) is 0 Å². The number of nitrogens with one attached hydrogen (secondary N) is 1. The molecule has 0 aromatic carbocycles. The molecule has 1 aromatic heterocycles. The van der Waals surface area contributed by atoms with Gasteiger partial charge in [0.15, 0.2) is 0 Å². The average molecular weight is 221 g/mol. The topological polar surface area (TPSA) is 29.9 Å². The summed E-state index contributed by atoms with van der Waals surface area (Å²) in [4.78, 5) is 0. The molecule has 0 bridgehead atoms.